The summed E-state index contributed by atoms with van der Waals surface area (Å²) in [6.45, 7) is 0.694. The molecule has 18 heavy (non-hydrogen) atoms. The van der Waals surface area contributed by atoms with Crippen LogP contribution in [0.5, 0.6) is 0 Å². The summed E-state index contributed by atoms with van der Waals surface area (Å²) < 4.78 is 5.57. The van der Waals surface area contributed by atoms with Crippen molar-refractivity contribution in [2.75, 3.05) is 6.61 Å². The SMILES string of the molecule is O=C(c1cccc2ccncc12)C1CCCCO1. The van der Waals surface area contributed by atoms with E-state index in [2.05, 4.69) is 4.98 Å². The molecule has 1 aliphatic heterocycles. The lowest BCUT2D eigenvalue weighted by atomic mass is 9.96. The maximum Gasteiger partial charge on any atom is 0.192 e. The van der Waals surface area contributed by atoms with Gasteiger partial charge in [-0.05, 0) is 30.7 Å². The quantitative estimate of drug-likeness (QED) is 0.759. The minimum absolute atomic E-state index is 0.0910. The van der Waals surface area contributed by atoms with E-state index in [1.807, 2.05) is 24.3 Å². The summed E-state index contributed by atoms with van der Waals surface area (Å²) in [5.74, 6) is 0.0910. The number of Topliss-reactive ketones (excluding diaryl/α,β-unsaturated/α-hetero) is 1. The van der Waals surface area contributed by atoms with Gasteiger partial charge in [-0.2, -0.15) is 0 Å². The number of carbonyl (C=O) groups is 1. The largest absolute Gasteiger partial charge is 0.370 e. The zero-order valence-corrected chi connectivity index (χ0v) is 10.1. The first-order valence-electron chi connectivity index (χ1n) is 6.35. The molecule has 1 fully saturated rings. The first-order valence-corrected chi connectivity index (χ1v) is 6.35. The summed E-state index contributed by atoms with van der Waals surface area (Å²) in [6.07, 6.45) is 6.18. The average molecular weight is 241 g/mol. The number of ether oxygens (including phenoxy) is 1. The van der Waals surface area contributed by atoms with Crippen LogP contribution < -0.4 is 0 Å². The molecule has 0 N–H and O–H groups in total. The number of fused-ring (bicyclic) bond motifs is 1. The molecule has 2 heterocycles. The lowest BCUT2D eigenvalue weighted by Gasteiger charge is -2.21. The van der Waals surface area contributed by atoms with Crippen molar-refractivity contribution in [1.82, 2.24) is 4.98 Å². The van der Waals surface area contributed by atoms with Crippen LogP contribution in [-0.4, -0.2) is 23.5 Å². The molecule has 3 nitrogen and oxygen atoms in total. The van der Waals surface area contributed by atoms with Crippen molar-refractivity contribution in [3.8, 4) is 0 Å². The van der Waals surface area contributed by atoms with Crippen LogP contribution in [-0.2, 0) is 4.74 Å². The second-order valence-electron chi connectivity index (χ2n) is 4.62. The monoisotopic (exact) mass is 241 g/mol. The van der Waals surface area contributed by atoms with Gasteiger partial charge >= 0.3 is 0 Å². The Morgan fingerprint density at radius 1 is 1.28 bits per heavy atom. The van der Waals surface area contributed by atoms with E-state index in [-0.39, 0.29) is 11.9 Å². The first-order chi connectivity index (χ1) is 8.86. The van der Waals surface area contributed by atoms with Gasteiger partial charge in [-0.3, -0.25) is 9.78 Å². The minimum Gasteiger partial charge on any atom is -0.370 e. The number of benzene rings is 1. The number of ketones is 1. The summed E-state index contributed by atoms with van der Waals surface area (Å²) in [4.78, 5) is 16.6. The Balaban J connectivity index is 2.00. The van der Waals surface area contributed by atoms with E-state index in [1.54, 1.807) is 12.4 Å². The van der Waals surface area contributed by atoms with Crippen molar-refractivity contribution < 1.29 is 9.53 Å². The third kappa shape index (κ3) is 2.02. The number of hydrogen-bond acceptors (Lipinski definition) is 3. The van der Waals surface area contributed by atoms with E-state index in [0.717, 1.165) is 35.6 Å². The van der Waals surface area contributed by atoms with E-state index in [4.69, 9.17) is 4.74 Å². The maximum absolute atomic E-state index is 12.5. The Hall–Kier alpha value is -1.74. The molecule has 0 spiro atoms. The van der Waals surface area contributed by atoms with Crippen LogP contribution in [0.3, 0.4) is 0 Å². The van der Waals surface area contributed by atoms with Gasteiger partial charge in [0.1, 0.15) is 6.10 Å². The fourth-order valence-corrected chi connectivity index (χ4v) is 2.45. The van der Waals surface area contributed by atoms with Gasteiger partial charge < -0.3 is 4.74 Å². The van der Waals surface area contributed by atoms with Gasteiger partial charge in [0.2, 0.25) is 0 Å². The predicted octanol–water partition coefficient (Wildman–Crippen LogP) is 2.99. The second-order valence-corrected chi connectivity index (χ2v) is 4.62. The zero-order valence-electron chi connectivity index (χ0n) is 10.1. The highest BCUT2D eigenvalue weighted by molar-refractivity contribution is 6.09. The Morgan fingerprint density at radius 2 is 2.22 bits per heavy atom. The molecule has 2 aromatic rings. The van der Waals surface area contributed by atoms with Crippen molar-refractivity contribution in [3.63, 3.8) is 0 Å². The minimum atomic E-state index is -0.274. The molecule has 3 rings (SSSR count). The highest BCUT2D eigenvalue weighted by atomic mass is 16.5. The molecular formula is C15H15NO2. The van der Waals surface area contributed by atoms with Crippen LogP contribution in [0, 0.1) is 0 Å². The summed E-state index contributed by atoms with van der Waals surface area (Å²) in [5, 5.41) is 1.96. The number of rotatable bonds is 2. The van der Waals surface area contributed by atoms with Gasteiger partial charge in [-0.1, -0.05) is 18.2 Å². The summed E-state index contributed by atoms with van der Waals surface area (Å²) in [5.41, 5.74) is 0.729. The van der Waals surface area contributed by atoms with Crippen LogP contribution in [0.2, 0.25) is 0 Å². The van der Waals surface area contributed by atoms with Crippen molar-refractivity contribution in [2.24, 2.45) is 0 Å². The highest BCUT2D eigenvalue weighted by Gasteiger charge is 2.24. The number of carbonyl (C=O) groups excluding carboxylic acids is 1. The van der Waals surface area contributed by atoms with Gasteiger partial charge in [-0.25, -0.2) is 0 Å². The Bertz CT molecular complexity index is 568. The molecule has 1 saturated heterocycles. The van der Waals surface area contributed by atoms with E-state index in [9.17, 15) is 4.79 Å². The third-order valence-corrected chi connectivity index (χ3v) is 3.42. The summed E-state index contributed by atoms with van der Waals surface area (Å²) >= 11 is 0. The van der Waals surface area contributed by atoms with E-state index in [1.165, 1.54) is 0 Å². The molecule has 1 aromatic heterocycles. The molecule has 92 valence electrons. The average Bonchev–Trinajstić information content (AvgIpc) is 2.47. The Labute approximate surface area is 106 Å². The van der Waals surface area contributed by atoms with Crippen molar-refractivity contribution in [3.05, 3.63) is 42.2 Å². The third-order valence-electron chi connectivity index (χ3n) is 3.42. The summed E-state index contributed by atoms with van der Waals surface area (Å²) in [6, 6.07) is 7.70. The van der Waals surface area contributed by atoms with Gasteiger partial charge in [0.25, 0.3) is 0 Å². The summed E-state index contributed by atoms with van der Waals surface area (Å²) in [7, 11) is 0. The lowest BCUT2D eigenvalue weighted by Crippen LogP contribution is -2.28. The molecule has 0 bridgehead atoms. The molecule has 0 saturated carbocycles. The molecule has 1 atom stereocenters. The fraction of sp³-hybridized carbons (Fsp3) is 0.333. The van der Waals surface area contributed by atoms with E-state index in [0.29, 0.717) is 6.61 Å². The molecule has 1 unspecified atom stereocenters. The highest BCUT2D eigenvalue weighted by Crippen LogP contribution is 2.23. The van der Waals surface area contributed by atoms with Crippen LogP contribution in [0.1, 0.15) is 29.6 Å². The number of aromatic nitrogens is 1. The van der Waals surface area contributed by atoms with Crippen molar-refractivity contribution in [2.45, 2.75) is 25.4 Å². The maximum atomic E-state index is 12.5. The van der Waals surface area contributed by atoms with E-state index < -0.39 is 0 Å². The van der Waals surface area contributed by atoms with Crippen LogP contribution in [0.25, 0.3) is 10.8 Å². The standard InChI is InChI=1S/C15H15NO2/c17-15(14-6-1-2-9-18-14)12-5-3-4-11-7-8-16-10-13(11)12/h3-5,7-8,10,14H,1-2,6,9H2. The number of hydrogen-bond donors (Lipinski definition) is 0. The smallest absolute Gasteiger partial charge is 0.192 e. The normalized spacial score (nSPS) is 19.9. The molecule has 0 radical (unpaired) electrons. The molecular weight excluding hydrogens is 226 g/mol. The van der Waals surface area contributed by atoms with Gasteiger partial charge in [0.15, 0.2) is 5.78 Å². The van der Waals surface area contributed by atoms with E-state index >= 15 is 0 Å². The van der Waals surface area contributed by atoms with Gasteiger partial charge in [0, 0.05) is 30.0 Å². The van der Waals surface area contributed by atoms with Crippen molar-refractivity contribution >= 4 is 16.6 Å². The topological polar surface area (TPSA) is 39.2 Å². The van der Waals surface area contributed by atoms with Crippen molar-refractivity contribution in [1.29, 1.82) is 0 Å². The predicted molar refractivity (Wildman–Crippen MR) is 69.7 cm³/mol. The van der Waals surface area contributed by atoms with Gasteiger partial charge in [0.05, 0.1) is 0 Å². The second kappa shape index (κ2) is 4.86. The van der Waals surface area contributed by atoms with Gasteiger partial charge in [-0.15, -0.1) is 0 Å². The Kier molecular flexibility index (Phi) is 3.07. The molecule has 0 aliphatic carbocycles. The zero-order chi connectivity index (χ0) is 12.4. The molecule has 1 aromatic carbocycles. The van der Waals surface area contributed by atoms with Crippen LogP contribution in [0.15, 0.2) is 36.7 Å². The fourth-order valence-electron chi connectivity index (χ4n) is 2.45. The first kappa shape index (κ1) is 11.4. The molecule has 1 aliphatic rings. The van der Waals surface area contributed by atoms with Crippen LogP contribution >= 0.6 is 0 Å². The number of pyridine rings is 1. The van der Waals surface area contributed by atoms with Crippen LogP contribution in [0.4, 0.5) is 0 Å². The number of nitrogens with zero attached hydrogens (tertiary/aromatic N) is 1. The Morgan fingerprint density at radius 3 is 3.06 bits per heavy atom. The molecule has 0 amide bonds. The lowest BCUT2D eigenvalue weighted by molar-refractivity contribution is 0.0188. The molecule has 3 heteroatoms.